The fraction of sp³-hybridized carbons (Fsp3) is 0.438. The number of anilines is 1. The molecule has 1 N–H and O–H groups in total. The van der Waals surface area contributed by atoms with Gasteiger partial charge in [-0.1, -0.05) is 12.1 Å². The summed E-state index contributed by atoms with van der Waals surface area (Å²) in [5, 5.41) is 4.30. The summed E-state index contributed by atoms with van der Waals surface area (Å²) < 4.78 is 5.06. The molecule has 0 radical (unpaired) electrons. The lowest BCUT2D eigenvalue weighted by Crippen LogP contribution is -2.31. The van der Waals surface area contributed by atoms with E-state index in [9.17, 15) is 4.79 Å². The number of fused-ring (bicyclic) bond motifs is 1. The van der Waals surface area contributed by atoms with Crippen molar-refractivity contribution in [2.75, 3.05) is 11.9 Å². The standard InChI is InChI=1S/C16H21N3O2/c1-5-21-16(20)11(3)12(4)19-15-14-10(2)7-6-8-13(14)17-9-18-15/h6-9,11-12H,5H2,1-4H3,(H,17,18,19). The normalized spacial score (nSPS) is 13.7. The van der Waals surface area contributed by atoms with Crippen LogP contribution in [-0.4, -0.2) is 28.6 Å². The molecule has 1 aromatic carbocycles. The Morgan fingerprint density at radius 1 is 1.33 bits per heavy atom. The largest absolute Gasteiger partial charge is 0.466 e. The van der Waals surface area contributed by atoms with Gasteiger partial charge in [0.2, 0.25) is 0 Å². The zero-order valence-corrected chi connectivity index (χ0v) is 12.9. The summed E-state index contributed by atoms with van der Waals surface area (Å²) in [4.78, 5) is 20.4. The second kappa shape index (κ2) is 6.52. The number of nitrogens with zero attached hydrogens (tertiary/aromatic N) is 2. The van der Waals surface area contributed by atoms with E-state index in [4.69, 9.17) is 4.74 Å². The third-order valence-corrected chi connectivity index (χ3v) is 3.64. The van der Waals surface area contributed by atoms with Crippen LogP contribution >= 0.6 is 0 Å². The van der Waals surface area contributed by atoms with Crippen molar-refractivity contribution in [3.8, 4) is 0 Å². The van der Waals surface area contributed by atoms with Gasteiger partial charge in [-0.2, -0.15) is 0 Å². The van der Waals surface area contributed by atoms with E-state index in [0.29, 0.717) is 6.61 Å². The number of benzene rings is 1. The van der Waals surface area contributed by atoms with Crippen molar-refractivity contribution in [1.82, 2.24) is 9.97 Å². The highest BCUT2D eigenvalue weighted by molar-refractivity contribution is 5.92. The van der Waals surface area contributed by atoms with Gasteiger partial charge in [-0.15, -0.1) is 0 Å². The second-order valence-electron chi connectivity index (χ2n) is 5.17. The summed E-state index contributed by atoms with van der Waals surface area (Å²) >= 11 is 0. The van der Waals surface area contributed by atoms with Crippen LogP contribution in [0, 0.1) is 12.8 Å². The zero-order chi connectivity index (χ0) is 15.4. The van der Waals surface area contributed by atoms with E-state index in [1.807, 2.05) is 45.9 Å². The Labute approximate surface area is 124 Å². The highest BCUT2D eigenvalue weighted by Gasteiger charge is 2.22. The zero-order valence-electron chi connectivity index (χ0n) is 12.9. The second-order valence-corrected chi connectivity index (χ2v) is 5.17. The van der Waals surface area contributed by atoms with Crippen molar-refractivity contribution < 1.29 is 9.53 Å². The summed E-state index contributed by atoms with van der Waals surface area (Å²) in [6, 6.07) is 5.87. The average Bonchev–Trinajstić information content (AvgIpc) is 2.47. The summed E-state index contributed by atoms with van der Waals surface area (Å²) in [5.41, 5.74) is 2.00. The van der Waals surface area contributed by atoms with Gasteiger partial charge in [0.15, 0.2) is 0 Å². The maximum atomic E-state index is 11.8. The summed E-state index contributed by atoms with van der Waals surface area (Å²) in [5.74, 6) is 0.299. The molecule has 2 unspecified atom stereocenters. The first-order valence-electron chi connectivity index (χ1n) is 7.18. The van der Waals surface area contributed by atoms with Crippen molar-refractivity contribution in [2.24, 2.45) is 5.92 Å². The topological polar surface area (TPSA) is 64.1 Å². The van der Waals surface area contributed by atoms with Crippen LogP contribution in [0.5, 0.6) is 0 Å². The van der Waals surface area contributed by atoms with Crippen molar-refractivity contribution in [3.63, 3.8) is 0 Å². The smallest absolute Gasteiger partial charge is 0.310 e. The lowest BCUT2D eigenvalue weighted by atomic mass is 10.0. The van der Waals surface area contributed by atoms with E-state index in [1.54, 1.807) is 0 Å². The molecule has 112 valence electrons. The third-order valence-electron chi connectivity index (χ3n) is 3.64. The average molecular weight is 287 g/mol. The molecule has 0 aliphatic rings. The molecule has 2 aromatic rings. The number of carbonyl (C=O) groups is 1. The van der Waals surface area contributed by atoms with Crippen LogP contribution in [0.1, 0.15) is 26.3 Å². The quantitative estimate of drug-likeness (QED) is 0.857. The minimum absolute atomic E-state index is 0.0817. The number of aryl methyl sites for hydroxylation is 1. The molecule has 0 amide bonds. The number of aromatic nitrogens is 2. The van der Waals surface area contributed by atoms with Crippen molar-refractivity contribution in [2.45, 2.75) is 33.7 Å². The Kier molecular flexibility index (Phi) is 4.73. The summed E-state index contributed by atoms with van der Waals surface area (Å²) in [6.07, 6.45) is 1.53. The van der Waals surface area contributed by atoms with Crippen molar-refractivity contribution in [1.29, 1.82) is 0 Å². The van der Waals surface area contributed by atoms with E-state index in [0.717, 1.165) is 22.3 Å². The number of esters is 1. The van der Waals surface area contributed by atoms with E-state index in [2.05, 4.69) is 15.3 Å². The number of rotatable bonds is 5. The van der Waals surface area contributed by atoms with Crippen LogP contribution < -0.4 is 5.32 Å². The molecule has 21 heavy (non-hydrogen) atoms. The molecule has 0 fully saturated rings. The van der Waals surface area contributed by atoms with Crippen molar-refractivity contribution in [3.05, 3.63) is 30.1 Å². The van der Waals surface area contributed by atoms with Gasteiger partial charge in [-0.05, 0) is 39.3 Å². The van der Waals surface area contributed by atoms with Crippen molar-refractivity contribution >= 4 is 22.7 Å². The van der Waals surface area contributed by atoms with Crippen LogP contribution in [0.3, 0.4) is 0 Å². The van der Waals surface area contributed by atoms with Gasteiger partial charge in [0.05, 0.1) is 18.0 Å². The molecule has 0 saturated heterocycles. The van der Waals surface area contributed by atoms with Crippen LogP contribution in [0.15, 0.2) is 24.5 Å². The number of ether oxygens (including phenoxy) is 1. The maximum absolute atomic E-state index is 11.8. The Hall–Kier alpha value is -2.17. The molecule has 5 heteroatoms. The van der Waals surface area contributed by atoms with Gasteiger partial charge >= 0.3 is 5.97 Å². The molecule has 0 spiro atoms. The number of hydrogen-bond donors (Lipinski definition) is 1. The first kappa shape index (κ1) is 15.2. The summed E-state index contributed by atoms with van der Waals surface area (Å²) in [6.45, 7) is 8.03. The molecule has 0 bridgehead atoms. The van der Waals surface area contributed by atoms with Gasteiger partial charge in [0.25, 0.3) is 0 Å². The summed E-state index contributed by atoms with van der Waals surface area (Å²) in [7, 11) is 0. The van der Waals surface area contributed by atoms with Crippen LogP contribution in [0.2, 0.25) is 0 Å². The first-order valence-corrected chi connectivity index (χ1v) is 7.18. The monoisotopic (exact) mass is 287 g/mol. The molecule has 0 aliphatic carbocycles. The fourth-order valence-corrected chi connectivity index (χ4v) is 2.21. The highest BCUT2D eigenvalue weighted by Crippen LogP contribution is 2.24. The molecular weight excluding hydrogens is 266 g/mol. The van der Waals surface area contributed by atoms with Gasteiger partial charge in [-0.3, -0.25) is 4.79 Å². The van der Waals surface area contributed by atoms with Gasteiger partial charge in [-0.25, -0.2) is 9.97 Å². The van der Waals surface area contributed by atoms with Gasteiger partial charge < -0.3 is 10.1 Å². The fourth-order valence-electron chi connectivity index (χ4n) is 2.21. The van der Waals surface area contributed by atoms with E-state index in [1.165, 1.54) is 6.33 Å². The molecule has 2 atom stereocenters. The van der Waals surface area contributed by atoms with Crippen LogP contribution in [-0.2, 0) is 9.53 Å². The predicted molar refractivity (Wildman–Crippen MR) is 83.2 cm³/mol. The molecule has 0 aliphatic heterocycles. The highest BCUT2D eigenvalue weighted by atomic mass is 16.5. The maximum Gasteiger partial charge on any atom is 0.310 e. The van der Waals surface area contributed by atoms with E-state index >= 15 is 0 Å². The third kappa shape index (κ3) is 3.29. The van der Waals surface area contributed by atoms with Gasteiger partial charge in [0.1, 0.15) is 12.1 Å². The lowest BCUT2D eigenvalue weighted by molar-refractivity contribution is -0.147. The van der Waals surface area contributed by atoms with E-state index < -0.39 is 0 Å². The molecule has 2 rings (SSSR count). The minimum Gasteiger partial charge on any atom is -0.466 e. The number of nitrogens with one attached hydrogen (secondary N) is 1. The molecule has 1 heterocycles. The predicted octanol–water partition coefficient (Wildman–Crippen LogP) is 2.94. The van der Waals surface area contributed by atoms with Crippen LogP contribution in [0.25, 0.3) is 10.9 Å². The van der Waals surface area contributed by atoms with E-state index in [-0.39, 0.29) is 17.9 Å². The Morgan fingerprint density at radius 2 is 2.10 bits per heavy atom. The Morgan fingerprint density at radius 3 is 2.81 bits per heavy atom. The molecular formula is C16H21N3O2. The number of carbonyl (C=O) groups excluding carboxylic acids is 1. The molecule has 1 aromatic heterocycles. The SMILES string of the molecule is CCOC(=O)C(C)C(C)Nc1ncnc2cccc(C)c12. The van der Waals surface area contributed by atoms with Gasteiger partial charge in [0, 0.05) is 11.4 Å². The molecule has 5 nitrogen and oxygen atoms in total. The molecule has 0 saturated carbocycles. The minimum atomic E-state index is -0.251. The Balaban J connectivity index is 2.25. The Bertz CT molecular complexity index is 637. The lowest BCUT2D eigenvalue weighted by Gasteiger charge is -2.21. The first-order chi connectivity index (χ1) is 10.0. The van der Waals surface area contributed by atoms with Crippen LogP contribution in [0.4, 0.5) is 5.82 Å². The number of hydrogen-bond acceptors (Lipinski definition) is 5.